The van der Waals surface area contributed by atoms with Gasteiger partial charge in [0.05, 0.1) is 10.0 Å². The van der Waals surface area contributed by atoms with Gasteiger partial charge in [-0.25, -0.2) is 9.37 Å². The lowest BCUT2D eigenvalue weighted by atomic mass is 10.1. The molecule has 0 spiro atoms. The molecule has 0 aliphatic rings. The third kappa shape index (κ3) is 3.72. The number of anilines is 1. The van der Waals surface area contributed by atoms with Gasteiger partial charge in [0.25, 0.3) is 0 Å². The van der Waals surface area contributed by atoms with Crippen molar-refractivity contribution in [1.29, 1.82) is 0 Å². The number of nitrogens with zero attached hydrogens (tertiary/aromatic N) is 1. The van der Waals surface area contributed by atoms with Gasteiger partial charge in [0.1, 0.15) is 16.8 Å². The van der Waals surface area contributed by atoms with Crippen molar-refractivity contribution in [3.8, 4) is 0 Å². The van der Waals surface area contributed by atoms with E-state index in [4.69, 9.17) is 34.8 Å². The van der Waals surface area contributed by atoms with Crippen LogP contribution in [0.1, 0.15) is 5.56 Å². The maximum Gasteiger partial charge on any atom is 0.150 e. The Hall–Kier alpha value is -1.03. The molecule has 0 aliphatic heterocycles. The van der Waals surface area contributed by atoms with Crippen LogP contribution in [0, 0.1) is 5.82 Å². The van der Waals surface area contributed by atoms with Crippen LogP contribution < -0.4 is 5.32 Å². The van der Waals surface area contributed by atoms with Crippen LogP contribution in [0.25, 0.3) is 0 Å². The zero-order chi connectivity index (χ0) is 13.8. The Bertz CT molecular complexity index is 590. The fourth-order valence-electron chi connectivity index (χ4n) is 1.58. The van der Waals surface area contributed by atoms with Gasteiger partial charge in [0.2, 0.25) is 0 Å². The maximum atomic E-state index is 13.4. The summed E-state index contributed by atoms with van der Waals surface area (Å²) >= 11 is 17.6. The van der Waals surface area contributed by atoms with Crippen LogP contribution in [0.3, 0.4) is 0 Å². The van der Waals surface area contributed by atoms with E-state index >= 15 is 0 Å². The average molecular weight is 320 g/mol. The molecule has 0 fully saturated rings. The maximum absolute atomic E-state index is 13.4. The summed E-state index contributed by atoms with van der Waals surface area (Å²) in [7, 11) is 0. The minimum atomic E-state index is -0.225. The second-order valence-corrected chi connectivity index (χ2v) is 5.03. The predicted octanol–water partition coefficient (Wildman–Crippen LogP) is 4.84. The van der Waals surface area contributed by atoms with Crippen molar-refractivity contribution in [3.05, 3.63) is 56.9 Å². The zero-order valence-corrected chi connectivity index (χ0v) is 12.0. The first-order valence-corrected chi connectivity index (χ1v) is 6.70. The number of hydrogen-bond acceptors (Lipinski definition) is 2. The van der Waals surface area contributed by atoms with Crippen LogP contribution >= 0.6 is 34.8 Å². The molecule has 1 heterocycles. The first-order valence-electron chi connectivity index (χ1n) is 5.56. The van der Waals surface area contributed by atoms with Crippen LogP contribution in [0.2, 0.25) is 15.2 Å². The average Bonchev–Trinajstić information content (AvgIpc) is 2.38. The molecule has 2 nitrogen and oxygen atoms in total. The molecular formula is C13H10Cl3FN2. The number of benzene rings is 1. The van der Waals surface area contributed by atoms with Crippen LogP contribution in [0.5, 0.6) is 0 Å². The molecule has 0 amide bonds. The van der Waals surface area contributed by atoms with Crippen LogP contribution in [-0.2, 0) is 6.42 Å². The molecule has 0 saturated heterocycles. The van der Waals surface area contributed by atoms with Crippen molar-refractivity contribution in [2.75, 3.05) is 11.9 Å². The van der Waals surface area contributed by atoms with E-state index < -0.39 is 0 Å². The van der Waals surface area contributed by atoms with E-state index in [2.05, 4.69) is 10.3 Å². The Morgan fingerprint density at radius 2 is 1.84 bits per heavy atom. The molecule has 0 aliphatic carbocycles. The summed E-state index contributed by atoms with van der Waals surface area (Å²) in [5, 5.41) is 3.86. The normalized spacial score (nSPS) is 10.5. The largest absolute Gasteiger partial charge is 0.368 e. The Labute approximate surface area is 125 Å². The highest BCUT2D eigenvalue weighted by atomic mass is 35.5. The highest BCUT2D eigenvalue weighted by molar-refractivity contribution is 6.42. The lowest BCUT2D eigenvalue weighted by molar-refractivity contribution is 0.610. The molecule has 19 heavy (non-hydrogen) atoms. The van der Waals surface area contributed by atoms with Gasteiger partial charge >= 0.3 is 0 Å². The summed E-state index contributed by atoms with van der Waals surface area (Å²) in [4.78, 5) is 4.02. The second-order valence-electron chi connectivity index (χ2n) is 3.86. The van der Waals surface area contributed by atoms with Crippen LogP contribution in [-0.4, -0.2) is 11.5 Å². The molecule has 1 aromatic heterocycles. The molecule has 0 atom stereocenters. The van der Waals surface area contributed by atoms with Gasteiger partial charge in [-0.2, -0.15) is 0 Å². The number of hydrogen-bond donors (Lipinski definition) is 1. The molecule has 1 N–H and O–H groups in total. The van der Waals surface area contributed by atoms with Crippen molar-refractivity contribution in [2.24, 2.45) is 0 Å². The Balaban J connectivity index is 2.00. The van der Waals surface area contributed by atoms with Crippen molar-refractivity contribution < 1.29 is 4.39 Å². The van der Waals surface area contributed by atoms with Gasteiger partial charge in [-0.05, 0) is 24.1 Å². The van der Waals surface area contributed by atoms with E-state index in [9.17, 15) is 4.39 Å². The smallest absolute Gasteiger partial charge is 0.150 e. The standard InChI is InChI=1S/C13H10Cl3FN2/c14-9-7-10(15)13(19-12(9)16)18-6-5-8-3-1-2-4-11(8)17/h1-4,7H,5-6H2,(H,18,19). The van der Waals surface area contributed by atoms with Crippen molar-refractivity contribution in [3.63, 3.8) is 0 Å². The Morgan fingerprint density at radius 3 is 2.58 bits per heavy atom. The number of nitrogens with one attached hydrogen (secondary N) is 1. The molecule has 0 bridgehead atoms. The van der Waals surface area contributed by atoms with Crippen LogP contribution in [0.4, 0.5) is 10.2 Å². The predicted molar refractivity (Wildman–Crippen MR) is 77.9 cm³/mol. The molecule has 0 radical (unpaired) electrons. The lowest BCUT2D eigenvalue weighted by Gasteiger charge is -2.09. The summed E-state index contributed by atoms with van der Waals surface area (Å²) < 4.78 is 13.4. The summed E-state index contributed by atoms with van der Waals surface area (Å²) in [6.07, 6.45) is 0.519. The quantitative estimate of drug-likeness (QED) is 0.816. The third-order valence-corrected chi connectivity index (χ3v) is 3.49. The van der Waals surface area contributed by atoms with Gasteiger partial charge in [-0.3, -0.25) is 0 Å². The molecule has 1 aromatic carbocycles. The minimum absolute atomic E-state index is 0.180. The minimum Gasteiger partial charge on any atom is -0.368 e. The molecular weight excluding hydrogens is 310 g/mol. The molecule has 2 rings (SSSR count). The lowest BCUT2D eigenvalue weighted by Crippen LogP contribution is -2.08. The summed E-state index contributed by atoms with van der Waals surface area (Å²) in [5.74, 6) is 0.213. The van der Waals surface area contributed by atoms with E-state index in [1.54, 1.807) is 18.2 Å². The number of halogens is 4. The Kier molecular flexibility index (Phi) is 4.86. The van der Waals surface area contributed by atoms with E-state index in [0.29, 0.717) is 34.4 Å². The molecule has 2 aromatic rings. The molecule has 0 unspecified atom stereocenters. The van der Waals surface area contributed by atoms with Crippen molar-refractivity contribution in [2.45, 2.75) is 6.42 Å². The summed E-state index contributed by atoms with van der Waals surface area (Å²) in [6, 6.07) is 8.14. The van der Waals surface area contributed by atoms with Gasteiger partial charge < -0.3 is 5.32 Å². The monoisotopic (exact) mass is 318 g/mol. The van der Waals surface area contributed by atoms with Crippen molar-refractivity contribution in [1.82, 2.24) is 4.98 Å². The van der Waals surface area contributed by atoms with Gasteiger partial charge in [-0.1, -0.05) is 53.0 Å². The number of pyridine rings is 1. The fourth-order valence-corrected chi connectivity index (χ4v) is 2.15. The third-order valence-electron chi connectivity index (χ3n) is 2.53. The van der Waals surface area contributed by atoms with E-state index in [1.807, 2.05) is 0 Å². The summed E-state index contributed by atoms with van der Waals surface area (Å²) in [6.45, 7) is 0.492. The fraction of sp³-hybridized carbons (Fsp3) is 0.154. The van der Waals surface area contributed by atoms with Crippen LogP contribution in [0.15, 0.2) is 30.3 Å². The van der Waals surface area contributed by atoms with Gasteiger partial charge in [-0.15, -0.1) is 0 Å². The molecule has 0 saturated carbocycles. The zero-order valence-electron chi connectivity index (χ0n) is 9.76. The van der Waals surface area contributed by atoms with Crippen molar-refractivity contribution >= 4 is 40.6 Å². The SMILES string of the molecule is Fc1ccccc1CCNc1nc(Cl)c(Cl)cc1Cl. The Morgan fingerprint density at radius 1 is 1.11 bits per heavy atom. The molecule has 100 valence electrons. The van der Waals surface area contributed by atoms with E-state index in [-0.39, 0.29) is 11.0 Å². The van der Waals surface area contributed by atoms with Gasteiger partial charge in [0, 0.05) is 6.54 Å². The first-order chi connectivity index (χ1) is 9.08. The summed E-state index contributed by atoms with van der Waals surface area (Å²) in [5.41, 5.74) is 0.631. The highest BCUT2D eigenvalue weighted by Gasteiger charge is 2.07. The molecule has 6 heteroatoms. The van der Waals surface area contributed by atoms with Gasteiger partial charge in [0.15, 0.2) is 0 Å². The first kappa shape index (κ1) is 14.4. The number of rotatable bonds is 4. The van der Waals surface area contributed by atoms with E-state index in [1.165, 1.54) is 12.1 Å². The number of aromatic nitrogens is 1. The van der Waals surface area contributed by atoms with E-state index in [0.717, 1.165) is 0 Å². The highest BCUT2D eigenvalue weighted by Crippen LogP contribution is 2.28. The second kappa shape index (κ2) is 6.42. The topological polar surface area (TPSA) is 24.9 Å².